The molecule has 1 aromatic carbocycles. The zero-order chi connectivity index (χ0) is 17.6. The smallest absolute Gasteiger partial charge is 0.231 e. The number of carbonyl (C=O) groups is 1. The van der Waals surface area contributed by atoms with Crippen LogP contribution in [0, 0.1) is 5.92 Å². The molecular weight excluding hydrogens is 385 g/mol. The van der Waals surface area contributed by atoms with E-state index in [0.717, 1.165) is 63.1 Å². The molecule has 8 heteroatoms. The molecule has 2 aromatic rings. The van der Waals surface area contributed by atoms with Crippen LogP contribution in [0.4, 0.5) is 5.95 Å². The standard InChI is InChI=1S/C19H29N5O.2ClH/c1-3-23(4-2)12-13-24-17-10-6-5-9-16(17)21-19(24)22-18(25)15-8-7-11-20-14-15;;/h5-6,9-10,15,20H,3-4,7-8,11-14H2,1-2H3,(H,21,22,25);2*1H. The number of likely N-dealkylation sites (N-methyl/N-ethyl adjacent to an activating group) is 1. The predicted octanol–water partition coefficient (Wildman–Crippen LogP) is 3.16. The van der Waals surface area contributed by atoms with Gasteiger partial charge in [0.1, 0.15) is 0 Å². The van der Waals surface area contributed by atoms with E-state index in [4.69, 9.17) is 0 Å². The SMILES string of the molecule is CCN(CC)CCn1c(NC(=O)C2CCCNC2)nc2ccccc21.Cl.Cl. The highest BCUT2D eigenvalue weighted by atomic mass is 35.5. The lowest BCUT2D eigenvalue weighted by molar-refractivity contribution is -0.120. The van der Waals surface area contributed by atoms with Crippen molar-refractivity contribution in [3.63, 3.8) is 0 Å². The van der Waals surface area contributed by atoms with Crippen LogP contribution in [0.2, 0.25) is 0 Å². The van der Waals surface area contributed by atoms with Crippen molar-refractivity contribution in [2.45, 2.75) is 33.2 Å². The molecule has 0 spiro atoms. The first-order valence-electron chi connectivity index (χ1n) is 9.42. The van der Waals surface area contributed by atoms with Crippen molar-refractivity contribution in [2.75, 3.05) is 38.0 Å². The number of aromatic nitrogens is 2. The molecule has 1 aromatic heterocycles. The Balaban J connectivity index is 0.00000182. The summed E-state index contributed by atoms with van der Waals surface area (Å²) >= 11 is 0. The van der Waals surface area contributed by atoms with Gasteiger partial charge in [0, 0.05) is 19.6 Å². The van der Waals surface area contributed by atoms with Crippen molar-refractivity contribution in [3.05, 3.63) is 24.3 Å². The van der Waals surface area contributed by atoms with Crippen molar-refractivity contribution >= 4 is 47.7 Å². The van der Waals surface area contributed by atoms with E-state index in [0.29, 0.717) is 5.95 Å². The summed E-state index contributed by atoms with van der Waals surface area (Å²) in [7, 11) is 0. The van der Waals surface area contributed by atoms with Gasteiger partial charge in [-0.1, -0.05) is 26.0 Å². The number of anilines is 1. The molecule has 3 rings (SSSR count). The van der Waals surface area contributed by atoms with Crippen LogP contribution in [-0.4, -0.2) is 53.1 Å². The zero-order valence-electron chi connectivity index (χ0n) is 16.1. The fourth-order valence-electron chi connectivity index (χ4n) is 3.47. The van der Waals surface area contributed by atoms with Gasteiger partial charge in [-0.2, -0.15) is 0 Å². The van der Waals surface area contributed by atoms with Crippen LogP contribution >= 0.6 is 24.8 Å². The van der Waals surface area contributed by atoms with Gasteiger partial charge in [-0.15, -0.1) is 24.8 Å². The van der Waals surface area contributed by atoms with E-state index < -0.39 is 0 Å². The first-order valence-corrected chi connectivity index (χ1v) is 9.42. The van der Waals surface area contributed by atoms with Crippen LogP contribution in [0.3, 0.4) is 0 Å². The van der Waals surface area contributed by atoms with Crippen molar-refractivity contribution in [3.8, 4) is 0 Å². The summed E-state index contributed by atoms with van der Waals surface area (Å²) in [5.74, 6) is 0.778. The molecule has 0 bridgehead atoms. The first-order chi connectivity index (χ1) is 12.2. The van der Waals surface area contributed by atoms with Gasteiger partial charge in [0.25, 0.3) is 0 Å². The number of carbonyl (C=O) groups excluding carboxylic acids is 1. The maximum Gasteiger partial charge on any atom is 0.231 e. The second-order valence-corrected chi connectivity index (χ2v) is 6.64. The lowest BCUT2D eigenvalue weighted by atomic mass is 9.99. The monoisotopic (exact) mass is 415 g/mol. The molecule has 2 heterocycles. The third-order valence-corrected chi connectivity index (χ3v) is 5.09. The zero-order valence-corrected chi connectivity index (χ0v) is 17.7. The van der Waals surface area contributed by atoms with Crippen LogP contribution in [0.1, 0.15) is 26.7 Å². The minimum atomic E-state index is 0. The van der Waals surface area contributed by atoms with E-state index in [-0.39, 0.29) is 36.6 Å². The number of nitrogens with one attached hydrogen (secondary N) is 2. The topological polar surface area (TPSA) is 62.2 Å². The minimum Gasteiger partial charge on any atom is -0.316 e. The number of imidazole rings is 1. The van der Waals surface area contributed by atoms with Crippen LogP contribution in [-0.2, 0) is 11.3 Å². The van der Waals surface area contributed by atoms with Crippen LogP contribution in [0.15, 0.2) is 24.3 Å². The Morgan fingerprint density at radius 1 is 1.30 bits per heavy atom. The number of nitrogens with zero attached hydrogens (tertiary/aromatic N) is 3. The maximum absolute atomic E-state index is 12.6. The molecule has 0 saturated carbocycles. The Bertz CT molecular complexity index is 711. The Morgan fingerprint density at radius 2 is 2.04 bits per heavy atom. The van der Waals surface area contributed by atoms with E-state index in [9.17, 15) is 4.79 Å². The third-order valence-electron chi connectivity index (χ3n) is 5.09. The summed E-state index contributed by atoms with van der Waals surface area (Å²) in [5, 5.41) is 6.39. The molecule has 1 amide bonds. The number of hydrogen-bond acceptors (Lipinski definition) is 4. The summed E-state index contributed by atoms with van der Waals surface area (Å²) < 4.78 is 2.14. The average Bonchev–Trinajstić information content (AvgIpc) is 3.00. The highest BCUT2D eigenvalue weighted by Gasteiger charge is 2.23. The molecule has 6 nitrogen and oxygen atoms in total. The van der Waals surface area contributed by atoms with Gasteiger partial charge in [-0.25, -0.2) is 4.98 Å². The molecule has 1 saturated heterocycles. The third kappa shape index (κ3) is 5.82. The number of hydrogen-bond donors (Lipinski definition) is 2. The molecule has 0 radical (unpaired) electrons. The van der Waals surface area contributed by atoms with Crippen LogP contribution in [0.5, 0.6) is 0 Å². The van der Waals surface area contributed by atoms with E-state index in [1.165, 1.54) is 0 Å². The minimum absolute atomic E-state index is 0. The molecule has 152 valence electrons. The van der Waals surface area contributed by atoms with Gasteiger partial charge in [0.2, 0.25) is 11.9 Å². The summed E-state index contributed by atoms with van der Waals surface area (Å²) in [6.45, 7) is 9.93. The lowest BCUT2D eigenvalue weighted by Crippen LogP contribution is -2.37. The Morgan fingerprint density at radius 3 is 2.70 bits per heavy atom. The number of fused-ring (bicyclic) bond motifs is 1. The van der Waals surface area contributed by atoms with Crippen LogP contribution in [0.25, 0.3) is 11.0 Å². The van der Waals surface area contributed by atoms with Crippen molar-refractivity contribution in [1.82, 2.24) is 19.8 Å². The van der Waals surface area contributed by atoms with E-state index >= 15 is 0 Å². The van der Waals surface area contributed by atoms with Gasteiger partial charge in [-0.3, -0.25) is 10.1 Å². The maximum atomic E-state index is 12.6. The first kappa shape index (κ1) is 23.7. The molecule has 0 aliphatic carbocycles. The van der Waals surface area contributed by atoms with Crippen molar-refractivity contribution < 1.29 is 4.79 Å². The molecule has 1 unspecified atom stereocenters. The molecule has 1 aliphatic heterocycles. The summed E-state index contributed by atoms with van der Waals surface area (Å²) in [4.78, 5) is 19.7. The van der Waals surface area contributed by atoms with E-state index in [1.54, 1.807) is 0 Å². The van der Waals surface area contributed by atoms with Gasteiger partial charge in [0.15, 0.2) is 0 Å². The fourth-order valence-corrected chi connectivity index (χ4v) is 3.47. The highest BCUT2D eigenvalue weighted by molar-refractivity contribution is 5.93. The van der Waals surface area contributed by atoms with Crippen molar-refractivity contribution in [2.24, 2.45) is 5.92 Å². The van der Waals surface area contributed by atoms with Gasteiger partial charge < -0.3 is 14.8 Å². The number of halogens is 2. The van der Waals surface area contributed by atoms with Gasteiger partial charge in [-0.05, 0) is 44.6 Å². The number of rotatable bonds is 7. The lowest BCUT2D eigenvalue weighted by Gasteiger charge is -2.22. The Hall–Kier alpha value is -1.34. The molecule has 1 fully saturated rings. The Kier molecular flexibility index (Phi) is 10.1. The largest absolute Gasteiger partial charge is 0.316 e. The molecule has 2 N–H and O–H groups in total. The Labute approximate surface area is 173 Å². The second kappa shape index (κ2) is 11.5. The average molecular weight is 416 g/mol. The van der Waals surface area contributed by atoms with Gasteiger partial charge in [0.05, 0.1) is 17.0 Å². The van der Waals surface area contributed by atoms with E-state index in [2.05, 4.69) is 45.0 Å². The normalized spacial score (nSPS) is 16.6. The summed E-state index contributed by atoms with van der Waals surface area (Å²) in [5.41, 5.74) is 2.01. The second-order valence-electron chi connectivity index (χ2n) is 6.64. The summed E-state index contributed by atoms with van der Waals surface area (Å²) in [6.07, 6.45) is 2.00. The predicted molar refractivity (Wildman–Crippen MR) is 116 cm³/mol. The molecule has 1 atom stereocenters. The fraction of sp³-hybridized carbons (Fsp3) is 0.579. The molecule has 27 heavy (non-hydrogen) atoms. The quantitative estimate of drug-likeness (QED) is 0.728. The van der Waals surface area contributed by atoms with Crippen LogP contribution < -0.4 is 10.6 Å². The number of benzene rings is 1. The van der Waals surface area contributed by atoms with E-state index in [1.807, 2.05) is 18.2 Å². The molecular formula is C19H31Cl2N5O. The number of amides is 1. The molecule has 1 aliphatic rings. The number of piperidine rings is 1. The number of para-hydroxylation sites is 2. The van der Waals surface area contributed by atoms with Gasteiger partial charge >= 0.3 is 0 Å². The summed E-state index contributed by atoms with van der Waals surface area (Å²) in [6, 6.07) is 8.08. The highest BCUT2D eigenvalue weighted by Crippen LogP contribution is 2.21. The van der Waals surface area contributed by atoms with Crippen molar-refractivity contribution in [1.29, 1.82) is 0 Å².